The summed E-state index contributed by atoms with van der Waals surface area (Å²) in [7, 11) is 0. The van der Waals surface area contributed by atoms with E-state index in [9.17, 15) is 9.18 Å². The van der Waals surface area contributed by atoms with Crippen molar-refractivity contribution in [3.05, 3.63) is 82.8 Å². The summed E-state index contributed by atoms with van der Waals surface area (Å²) in [6.07, 6.45) is 1.54. The number of nitrogens with one attached hydrogen (secondary N) is 1. The first kappa shape index (κ1) is 18.9. The molecule has 0 spiro atoms. The number of amides is 1. The van der Waals surface area contributed by atoms with Gasteiger partial charge < -0.3 is 10.2 Å². The van der Waals surface area contributed by atoms with Crippen molar-refractivity contribution in [2.24, 2.45) is 0 Å². The fraction of sp³-hybridized carbons (Fsp3) is 0.143. The van der Waals surface area contributed by atoms with Gasteiger partial charge in [-0.05, 0) is 55.8 Å². The van der Waals surface area contributed by atoms with Crippen molar-refractivity contribution in [1.82, 2.24) is 4.98 Å². The van der Waals surface area contributed by atoms with E-state index >= 15 is 0 Å². The van der Waals surface area contributed by atoms with Crippen LogP contribution in [0.25, 0.3) is 0 Å². The second-order valence-electron chi connectivity index (χ2n) is 6.04. The standard InChI is InChI=1S/C21H19ClFN3O/c1-3-26(16-7-4-6-14(2)12-16)19-11-10-15(13-24-19)25-21(27)20-17(22)8-5-9-18(20)23/h4-13H,3H2,1-2H3,(H,25,27). The highest BCUT2D eigenvalue weighted by Gasteiger charge is 2.16. The summed E-state index contributed by atoms with van der Waals surface area (Å²) in [4.78, 5) is 18.8. The lowest BCUT2D eigenvalue weighted by molar-refractivity contribution is 0.102. The molecule has 0 bridgehead atoms. The average Bonchev–Trinajstić information content (AvgIpc) is 2.64. The monoisotopic (exact) mass is 383 g/mol. The molecule has 0 aliphatic carbocycles. The zero-order valence-corrected chi connectivity index (χ0v) is 15.8. The number of halogens is 2. The van der Waals surface area contributed by atoms with Crippen LogP contribution in [0.4, 0.5) is 21.6 Å². The highest BCUT2D eigenvalue weighted by Crippen LogP contribution is 2.25. The van der Waals surface area contributed by atoms with E-state index in [0.717, 1.165) is 23.6 Å². The number of carbonyl (C=O) groups excluding carboxylic acids is 1. The SMILES string of the molecule is CCN(c1cccc(C)c1)c1ccc(NC(=O)c2c(F)cccc2Cl)cn1. The third-order valence-electron chi connectivity index (χ3n) is 4.10. The summed E-state index contributed by atoms with van der Waals surface area (Å²) in [5.41, 5.74) is 2.48. The third kappa shape index (κ3) is 4.26. The Balaban J connectivity index is 1.80. The number of rotatable bonds is 5. The third-order valence-corrected chi connectivity index (χ3v) is 4.42. The van der Waals surface area contributed by atoms with Gasteiger partial charge in [-0.3, -0.25) is 4.79 Å². The zero-order chi connectivity index (χ0) is 19.4. The maximum Gasteiger partial charge on any atom is 0.260 e. The molecule has 0 fully saturated rings. The van der Waals surface area contributed by atoms with E-state index in [2.05, 4.69) is 21.3 Å². The molecule has 3 aromatic rings. The molecule has 3 rings (SSSR count). The van der Waals surface area contributed by atoms with Gasteiger partial charge in [-0.15, -0.1) is 0 Å². The fourth-order valence-corrected chi connectivity index (χ4v) is 3.05. The summed E-state index contributed by atoms with van der Waals surface area (Å²) in [5.74, 6) is -0.523. The van der Waals surface area contributed by atoms with E-state index in [1.807, 2.05) is 38.1 Å². The number of pyridine rings is 1. The predicted molar refractivity (Wildman–Crippen MR) is 107 cm³/mol. The van der Waals surface area contributed by atoms with Crippen LogP contribution in [-0.4, -0.2) is 17.4 Å². The Morgan fingerprint density at radius 3 is 2.59 bits per heavy atom. The Hall–Kier alpha value is -2.92. The molecule has 0 aliphatic rings. The fourth-order valence-electron chi connectivity index (χ4n) is 2.80. The van der Waals surface area contributed by atoms with Gasteiger partial charge in [-0.1, -0.05) is 29.8 Å². The number of anilines is 3. The Kier molecular flexibility index (Phi) is 5.72. The van der Waals surface area contributed by atoms with Crippen molar-refractivity contribution in [3.63, 3.8) is 0 Å². The van der Waals surface area contributed by atoms with Gasteiger partial charge in [0, 0.05) is 12.2 Å². The molecular formula is C21H19ClFN3O. The smallest absolute Gasteiger partial charge is 0.260 e. The lowest BCUT2D eigenvalue weighted by Crippen LogP contribution is -2.18. The molecule has 0 saturated heterocycles. The minimum atomic E-state index is -0.666. The van der Waals surface area contributed by atoms with Gasteiger partial charge in [-0.2, -0.15) is 0 Å². The second kappa shape index (κ2) is 8.18. The highest BCUT2D eigenvalue weighted by atomic mass is 35.5. The summed E-state index contributed by atoms with van der Waals surface area (Å²) < 4.78 is 13.9. The van der Waals surface area contributed by atoms with Gasteiger partial charge in [0.1, 0.15) is 11.6 Å². The number of aryl methyl sites for hydroxylation is 1. The van der Waals surface area contributed by atoms with Crippen molar-refractivity contribution in [2.75, 3.05) is 16.8 Å². The Morgan fingerprint density at radius 1 is 1.19 bits per heavy atom. The van der Waals surface area contributed by atoms with Gasteiger partial charge in [0.15, 0.2) is 0 Å². The van der Waals surface area contributed by atoms with E-state index in [1.54, 1.807) is 12.3 Å². The summed E-state index contributed by atoms with van der Waals surface area (Å²) in [6.45, 7) is 4.82. The summed E-state index contributed by atoms with van der Waals surface area (Å²) >= 11 is 5.93. The zero-order valence-electron chi connectivity index (χ0n) is 15.0. The number of nitrogens with zero attached hydrogens (tertiary/aromatic N) is 2. The summed E-state index contributed by atoms with van der Waals surface area (Å²) in [5, 5.41) is 2.69. The quantitative estimate of drug-likeness (QED) is 0.624. The van der Waals surface area contributed by atoms with Crippen LogP contribution in [-0.2, 0) is 0 Å². The molecule has 27 heavy (non-hydrogen) atoms. The molecule has 138 valence electrons. The topological polar surface area (TPSA) is 45.2 Å². The Labute approximate surface area is 162 Å². The minimum absolute atomic E-state index is 0.0636. The first-order valence-electron chi connectivity index (χ1n) is 8.55. The van der Waals surface area contributed by atoms with Gasteiger partial charge >= 0.3 is 0 Å². The molecular weight excluding hydrogens is 365 g/mol. The van der Waals surface area contributed by atoms with Crippen molar-refractivity contribution in [3.8, 4) is 0 Å². The lowest BCUT2D eigenvalue weighted by Gasteiger charge is -2.22. The van der Waals surface area contributed by atoms with E-state index in [0.29, 0.717) is 5.69 Å². The van der Waals surface area contributed by atoms with Gasteiger partial charge in [0.05, 0.1) is 22.5 Å². The molecule has 1 N–H and O–H groups in total. The molecule has 1 amide bonds. The number of hydrogen-bond donors (Lipinski definition) is 1. The van der Waals surface area contributed by atoms with Crippen LogP contribution in [0.1, 0.15) is 22.8 Å². The normalized spacial score (nSPS) is 10.5. The first-order valence-corrected chi connectivity index (χ1v) is 8.93. The molecule has 0 saturated carbocycles. The Bertz CT molecular complexity index is 940. The molecule has 4 nitrogen and oxygen atoms in total. The van der Waals surface area contributed by atoms with E-state index in [-0.39, 0.29) is 10.6 Å². The van der Waals surface area contributed by atoms with Crippen LogP contribution in [0.15, 0.2) is 60.8 Å². The van der Waals surface area contributed by atoms with E-state index in [4.69, 9.17) is 11.6 Å². The van der Waals surface area contributed by atoms with Crippen LogP contribution in [0.3, 0.4) is 0 Å². The van der Waals surface area contributed by atoms with Crippen molar-refractivity contribution in [2.45, 2.75) is 13.8 Å². The van der Waals surface area contributed by atoms with Crippen LogP contribution in [0.5, 0.6) is 0 Å². The van der Waals surface area contributed by atoms with Crippen LogP contribution in [0.2, 0.25) is 5.02 Å². The molecule has 0 aliphatic heterocycles. The van der Waals surface area contributed by atoms with Gasteiger partial charge in [0.2, 0.25) is 0 Å². The average molecular weight is 384 g/mol. The maximum absolute atomic E-state index is 13.9. The molecule has 1 heterocycles. The molecule has 6 heteroatoms. The molecule has 0 atom stereocenters. The maximum atomic E-state index is 13.9. The number of hydrogen-bond acceptors (Lipinski definition) is 3. The van der Waals surface area contributed by atoms with E-state index in [1.165, 1.54) is 18.2 Å². The number of aromatic nitrogens is 1. The van der Waals surface area contributed by atoms with Crippen molar-refractivity contribution < 1.29 is 9.18 Å². The Morgan fingerprint density at radius 2 is 1.96 bits per heavy atom. The van der Waals surface area contributed by atoms with Gasteiger partial charge in [0.25, 0.3) is 5.91 Å². The van der Waals surface area contributed by atoms with Crippen LogP contribution in [0, 0.1) is 12.7 Å². The summed E-state index contributed by atoms with van der Waals surface area (Å²) in [6, 6.07) is 15.8. The molecule has 0 unspecified atom stereocenters. The highest BCUT2D eigenvalue weighted by molar-refractivity contribution is 6.34. The van der Waals surface area contributed by atoms with Crippen LogP contribution < -0.4 is 10.2 Å². The predicted octanol–water partition coefficient (Wildman–Crippen LogP) is 5.59. The number of carbonyl (C=O) groups is 1. The first-order chi connectivity index (χ1) is 13.0. The second-order valence-corrected chi connectivity index (χ2v) is 6.45. The van der Waals surface area contributed by atoms with Gasteiger partial charge in [-0.25, -0.2) is 9.37 Å². The molecule has 2 aromatic carbocycles. The van der Waals surface area contributed by atoms with Crippen molar-refractivity contribution >= 4 is 34.7 Å². The lowest BCUT2D eigenvalue weighted by atomic mass is 10.2. The van der Waals surface area contributed by atoms with Crippen LogP contribution >= 0.6 is 11.6 Å². The van der Waals surface area contributed by atoms with E-state index < -0.39 is 11.7 Å². The molecule has 1 aromatic heterocycles. The minimum Gasteiger partial charge on any atom is -0.327 e. The molecule has 0 radical (unpaired) electrons. The largest absolute Gasteiger partial charge is 0.327 e. The van der Waals surface area contributed by atoms with Crippen molar-refractivity contribution in [1.29, 1.82) is 0 Å². The number of benzene rings is 2.